The Morgan fingerprint density at radius 3 is 2.90 bits per heavy atom. The first-order valence-corrected chi connectivity index (χ1v) is 12.3. The molecule has 0 saturated heterocycles. The van der Waals surface area contributed by atoms with Crippen LogP contribution in [-0.2, 0) is 14.6 Å². The molecule has 1 amide bonds. The highest BCUT2D eigenvalue weighted by molar-refractivity contribution is 8.00. The van der Waals surface area contributed by atoms with Gasteiger partial charge >= 0.3 is 0 Å². The van der Waals surface area contributed by atoms with Gasteiger partial charge in [-0.25, -0.2) is 13.4 Å². The molecule has 0 spiro atoms. The summed E-state index contributed by atoms with van der Waals surface area (Å²) >= 11 is 7.47. The fourth-order valence-corrected chi connectivity index (χ4v) is 5.52. The minimum Gasteiger partial charge on any atom is -0.341 e. The molecule has 1 fully saturated rings. The molecular formula is C18H17ClN6O3S2. The maximum Gasteiger partial charge on any atom is 0.225 e. The van der Waals surface area contributed by atoms with Crippen molar-refractivity contribution in [1.29, 1.82) is 0 Å². The highest BCUT2D eigenvalue weighted by Gasteiger charge is 2.35. The average molecular weight is 465 g/mol. The van der Waals surface area contributed by atoms with Crippen LogP contribution in [0.25, 0.3) is 17.1 Å². The van der Waals surface area contributed by atoms with Crippen molar-refractivity contribution in [3.8, 4) is 17.1 Å². The average Bonchev–Trinajstić information content (AvgIpc) is 3.11. The van der Waals surface area contributed by atoms with E-state index in [9.17, 15) is 13.2 Å². The SMILES string of the molecule is CS(=O)(=O)c1cc(Cl)ccc1-c1cncn1-c1n[nH]c2c1SC(NC(=O)C1CC1)N2. The summed E-state index contributed by atoms with van der Waals surface area (Å²) in [5.74, 6) is 1.41. The number of hydrogen-bond donors (Lipinski definition) is 3. The predicted octanol–water partition coefficient (Wildman–Crippen LogP) is 2.65. The second kappa shape index (κ2) is 7.03. The van der Waals surface area contributed by atoms with Crippen molar-refractivity contribution in [3.63, 3.8) is 0 Å². The topological polar surface area (TPSA) is 122 Å². The lowest BCUT2D eigenvalue weighted by atomic mass is 10.1. The second-order valence-electron chi connectivity index (χ2n) is 7.24. The monoisotopic (exact) mass is 464 g/mol. The van der Waals surface area contributed by atoms with E-state index in [0.717, 1.165) is 24.0 Å². The number of anilines is 1. The Balaban J connectivity index is 1.51. The maximum atomic E-state index is 12.3. The van der Waals surface area contributed by atoms with Crippen LogP contribution in [0.1, 0.15) is 12.8 Å². The van der Waals surface area contributed by atoms with Crippen molar-refractivity contribution in [2.75, 3.05) is 11.6 Å². The number of thioether (sulfide) groups is 1. The van der Waals surface area contributed by atoms with Gasteiger partial charge in [-0.3, -0.25) is 14.5 Å². The third-order valence-electron chi connectivity index (χ3n) is 4.92. The Kier molecular flexibility index (Phi) is 4.56. The summed E-state index contributed by atoms with van der Waals surface area (Å²) < 4.78 is 26.4. The lowest BCUT2D eigenvalue weighted by Crippen LogP contribution is -2.37. The first-order chi connectivity index (χ1) is 14.3. The van der Waals surface area contributed by atoms with Crippen molar-refractivity contribution < 1.29 is 13.2 Å². The Bertz CT molecular complexity index is 1260. The number of aromatic amines is 1. The first-order valence-electron chi connectivity index (χ1n) is 9.16. The van der Waals surface area contributed by atoms with Gasteiger partial charge in [0.15, 0.2) is 21.2 Å². The van der Waals surface area contributed by atoms with E-state index in [1.54, 1.807) is 29.2 Å². The number of carbonyl (C=O) groups is 1. The van der Waals surface area contributed by atoms with E-state index in [4.69, 9.17) is 11.6 Å². The molecule has 1 aliphatic carbocycles. The molecular weight excluding hydrogens is 448 g/mol. The van der Waals surface area contributed by atoms with Gasteiger partial charge in [0.05, 0.1) is 21.7 Å². The molecule has 1 aliphatic heterocycles. The summed E-state index contributed by atoms with van der Waals surface area (Å²) in [5.41, 5.74) is 0.744. The fraction of sp³-hybridized carbons (Fsp3) is 0.278. The first kappa shape index (κ1) is 19.5. The normalized spacial score (nSPS) is 18.1. The van der Waals surface area contributed by atoms with E-state index in [-0.39, 0.29) is 22.2 Å². The van der Waals surface area contributed by atoms with Crippen LogP contribution in [0.4, 0.5) is 5.82 Å². The Hall–Kier alpha value is -2.50. The number of sulfone groups is 1. The summed E-state index contributed by atoms with van der Waals surface area (Å²) in [6.07, 6.45) is 6.16. The summed E-state index contributed by atoms with van der Waals surface area (Å²) in [6.45, 7) is 0. The van der Waals surface area contributed by atoms with Crippen molar-refractivity contribution in [3.05, 3.63) is 35.7 Å². The minimum atomic E-state index is -3.52. The van der Waals surface area contributed by atoms with Crippen molar-refractivity contribution in [2.24, 2.45) is 5.92 Å². The molecule has 5 rings (SSSR count). The van der Waals surface area contributed by atoms with E-state index in [1.807, 2.05) is 0 Å². The summed E-state index contributed by atoms with van der Waals surface area (Å²) in [6, 6.07) is 4.72. The van der Waals surface area contributed by atoms with Gasteiger partial charge in [0.25, 0.3) is 0 Å². The van der Waals surface area contributed by atoms with Crippen molar-refractivity contribution >= 4 is 44.9 Å². The Morgan fingerprint density at radius 1 is 1.37 bits per heavy atom. The van der Waals surface area contributed by atoms with Gasteiger partial charge in [0, 0.05) is 22.8 Å². The van der Waals surface area contributed by atoms with E-state index in [0.29, 0.717) is 27.9 Å². The molecule has 1 aromatic carbocycles. The zero-order valence-corrected chi connectivity index (χ0v) is 18.1. The van der Waals surface area contributed by atoms with Gasteiger partial charge < -0.3 is 10.6 Å². The maximum absolute atomic E-state index is 12.3. The zero-order chi connectivity index (χ0) is 21.0. The number of nitrogens with one attached hydrogen (secondary N) is 3. The van der Waals surface area contributed by atoms with Gasteiger partial charge in [-0.05, 0) is 25.0 Å². The number of rotatable bonds is 5. The lowest BCUT2D eigenvalue weighted by molar-refractivity contribution is -0.122. The van der Waals surface area contributed by atoms with E-state index < -0.39 is 9.84 Å². The van der Waals surface area contributed by atoms with Crippen LogP contribution in [0, 0.1) is 5.92 Å². The summed E-state index contributed by atoms with van der Waals surface area (Å²) in [4.78, 5) is 17.2. The van der Waals surface area contributed by atoms with E-state index in [1.165, 1.54) is 17.8 Å². The Morgan fingerprint density at radius 2 is 2.17 bits per heavy atom. The predicted molar refractivity (Wildman–Crippen MR) is 113 cm³/mol. The second-order valence-corrected chi connectivity index (χ2v) is 10.8. The van der Waals surface area contributed by atoms with Gasteiger partial charge in [0.2, 0.25) is 5.91 Å². The molecule has 0 radical (unpaired) electrons. The standard InChI is InChI=1S/C18H17ClN6O3S2/c1-30(27,28)13-6-10(19)4-5-11(13)12-7-20-8-25(12)16-14-15(23-24-16)21-18(29-14)22-17(26)9-2-3-9/h4-9,18H,2-3H2,1H3,(H,22,26)(H2,21,23,24). The number of H-pyrrole nitrogens is 1. The Labute approximate surface area is 181 Å². The van der Waals surface area contributed by atoms with Crippen molar-refractivity contribution in [2.45, 2.75) is 28.1 Å². The molecule has 156 valence electrons. The zero-order valence-electron chi connectivity index (χ0n) is 15.7. The highest BCUT2D eigenvalue weighted by atomic mass is 35.5. The van der Waals surface area contributed by atoms with Crippen LogP contribution < -0.4 is 10.6 Å². The smallest absolute Gasteiger partial charge is 0.225 e. The van der Waals surface area contributed by atoms with Crippen LogP contribution >= 0.6 is 23.4 Å². The summed E-state index contributed by atoms with van der Waals surface area (Å²) in [5, 5.41) is 13.8. The van der Waals surface area contributed by atoms with Gasteiger partial charge in [-0.1, -0.05) is 29.4 Å². The molecule has 1 unspecified atom stereocenters. The lowest BCUT2D eigenvalue weighted by Gasteiger charge is -2.13. The molecule has 2 aromatic heterocycles. The molecule has 0 bridgehead atoms. The molecule has 9 nitrogen and oxygen atoms in total. The molecule has 12 heteroatoms. The van der Waals surface area contributed by atoms with Crippen molar-refractivity contribution in [1.82, 2.24) is 25.1 Å². The minimum absolute atomic E-state index is 0.0435. The number of amides is 1. The number of imidazole rings is 1. The summed E-state index contributed by atoms with van der Waals surface area (Å²) in [7, 11) is -3.52. The molecule has 3 aromatic rings. The fourth-order valence-electron chi connectivity index (χ4n) is 3.31. The number of benzene rings is 1. The van der Waals surface area contributed by atoms with Crippen LogP contribution in [0.3, 0.4) is 0 Å². The van der Waals surface area contributed by atoms with Gasteiger partial charge in [-0.15, -0.1) is 0 Å². The number of carbonyl (C=O) groups excluding carboxylic acids is 1. The molecule has 30 heavy (non-hydrogen) atoms. The number of halogens is 1. The highest BCUT2D eigenvalue weighted by Crippen LogP contribution is 2.42. The van der Waals surface area contributed by atoms with Gasteiger partial charge in [0.1, 0.15) is 12.1 Å². The molecule has 3 N–H and O–H groups in total. The van der Waals surface area contributed by atoms with E-state index >= 15 is 0 Å². The number of fused-ring (bicyclic) bond motifs is 1. The number of nitrogens with zero attached hydrogens (tertiary/aromatic N) is 3. The molecule has 1 saturated carbocycles. The van der Waals surface area contributed by atoms with E-state index in [2.05, 4.69) is 25.8 Å². The third-order valence-corrected chi connectivity index (χ3v) is 7.39. The van der Waals surface area contributed by atoms with Gasteiger partial charge in [-0.2, -0.15) is 5.10 Å². The largest absolute Gasteiger partial charge is 0.341 e. The van der Waals surface area contributed by atoms with Crippen LogP contribution in [-0.4, -0.2) is 45.8 Å². The molecule has 2 aliphatic rings. The quantitative estimate of drug-likeness (QED) is 0.530. The number of aromatic nitrogens is 4. The number of hydrogen-bond acceptors (Lipinski definition) is 7. The van der Waals surface area contributed by atoms with Crippen LogP contribution in [0.15, 0.2) is 40.5 Å². The van der Waals surface area contributed by atoms with Crippen LogP contribution in [0.2, 0.25) is 5.02 Å². The molecule has 3 heterocycles. The third kappa shape index (κ3) is 3.46. The molecule has 1 atom stereocenters. The van der Waals surface area contributed by atoms with Crippen LogP contribution in [0.5, 0.6) is 0 Å².